The highest BCUT2D eigenvalue weighted by atomic mass is 35.5. The number of rotatable bonds is 19. The quantitative estimate of drug-likeness (QED) is 0.0683. The standard InChI is InChI=1S/C53H67ClFN11O9S2/c1-31-45(76-30-60-31)32-9-10-33(24-59-47(70)36-22-34(67)27-66(36)48(71)46(51(2,3)4)62-50(74)53(55)11-12-53)38(21-32)75-20-19-63-17-18-65(28-37(63)49(72)73)43(69)23-41(68)61-35-7-6-8-39(44(35)54)77-42-26-57-40(25-58-42)64-15-13-52(5,29-56)14-16-64/h6-10,21,25-26,30,34,36-37,46,67H,11-20,22-24,27-29,56H2,1-5H3,(H,59,70)(H,61,68)(H,62,74)(H,72,73)/t34-,36+,37+,46-/m1/s1. The molecule has 5 heterocycles. The maximum absolute atomic E-state index is 14.7. The molecule has 3 saturated heterocycles. The summed E-state index contributed by atoms with van der Waals surface area (Å²) >= 11 is 9.48. The largest absolute Gasteiger partial charge is 0.492 e. The van der Waals surface area contributed by atoms with Gasteiger partial charge in [0, 0.05) is 69.2 Å². The van der Waals surface area contributed by atoms with Gasteiger partial charge in [0.1, 0.15) is 47.7 Å². The number of benzene rings is 2. The number of thiazole rings is 1. The molecule has 0 radical (unpaired) electrons. The number of carboxylic acids is 1. The Morgan fingerprint density at radius 3 is 2.40 bits per heavy atom. The van der Waals surface area contributed by atoms with Crippen molar-refractivity contribution in [2.24, 2.45) is 16.6 Å². The lowest BCUT2D eigenvalue weighted by Gasteiger charge is -2.39. The van der Waals surface area contributed by atoms with Crippen LogP contribution < -0.4 is 31.3 Å². The van der Waals surface area contributed by atoms with Crippen LogP contribution in [0.3, 0.4) is 0 Å². The van der Waals surface area contributed by atoms with Crippen molar-refractivity contribution in [2.75, 3.05) is 69.2 Å². The summed E-state index contributed by atoms with van der Waals surface area (Å²) in [6.45, 7) is 11.7. The number of alkyl halides is 1. The number of aliphatic hydroxyl groups is 1. The molecule has 2 aromatic carbocycles. The van der Waals surface area contributed by atoms with Gasteiger partial charge in [-0.25, -0.2) is 19.3 Å². The van der Waals surface area contributed by atoms with Crippen LogP contribution in [0.2, 0.25) is 5.02 Å². The maximum atomic E-state index is 14.7. The van der Waals surface area contributed by atoms with Gasteiger partial charge in [-0.3, -0.25) is 33.7 Å². The van der Waals surface area contributed by atoms with E-state index in [0.717, 1.165) is 47.9 Å². The molecule has 77 heavy (non-hydrogen) atoms. The van der Waals surface area contributed by atoms with Gasteiger partial charge in [-0.2, -0.15) is 0 Å². The number of likely N-dealkylation sites (tertiary alicyclic amines) is 1. The van der Waals surface area contributed by atoms with E-state index in [2.05, 4.69) is 42.7 Å². The fourth-order valence-electron chi connectivity index (χ4n) is 9.64. The predicted octanol–water partition coefficient (Wildman–Crippen LogP) is 4.89. The second-order valence-corrected chi connectivity index (χ2v) is 24.0. The average molecular weight is 1120 g/mol. The number of anilines is 2. The second kappa shape index (κ2) is 23.9. The van der Waals surface area contributed by atoms with Crippen LogP contribution in [0.5, 0.6) is 5.75 Å². The number of hydrogen-bond acceptors (Lipinski definition) is 16. The van der Waals surface area contributed by atoms with Gasteiger partial charge in [-0.15, -0.1) is 11.3 Å². The second-order valence-electron chi connectivity index (χ2n) is 21.7. The molecule has 7 N–H and O–H groups in total. The first-order chi connectivity index (χ1) is 36.5. The number of piperazine rings is 1. The number of hydrogen-bond donors (Lipinski definition) is 6. The summed E-state index contributed by atoms with van der Waals surface area (Å²) in [6, 6.07) is 7.26. The summed E-state index contributed by atoms with van der Waals surface area (Å²) in [5.74, 6) is -3.17. The highest BCUT2D eigenvalue weighted by molar-refractivity contribution is 7.99. The molecular formula is C53H67ClFN11O9S2. The molecule has 5 amide bonds. The molecule has 4 aromatic rings. The number of ether oxygens (including phenoxy) is 1. The molecule has 3 aliphatic heterocycles. The first-order valence-electron chi connectivity index (χ1n) is 25.7. The molecule has 20 nitrogen and oxygen atoms in total. The third-order valence-corrected chi connectivity index (χ3v) is 17.3. The molecule has 0 unspecified atom stereocenters. The van der Waals surface area contributed by atoms with Crippen molar-refractivity contribution in [3.63, 3.8) is 0 Å². The van der Waals surface area contributed by atoms with Crippen molar-refractivity contribution >= 4 is 81.7 Å². The molecule has 4 atom stereocenters. The molecule has 2 aromatic heterocycles. The zero-order chi connectivity index (χ0) is 55.4. The molecule has 0 bridgehead atoms. The number of nitrogens with two attached hydrogens (primary N) is 1. The minimum Gasteiger partial charge on any atom is -0.492 e. The minimum atomic E-state index is -2.02. The van der Waals surface area contributed by atoms with Crippen LogP contribution in [0.25, 0.3) is 10.4 Å². The van der Waals surface area contributed by atoms with E-state index in [4.69, 9.17) is 22.1 Å². The number of halogens is 2. The van der Waals surface area contributed by atoms with Gasteiger partial charge >= 0.3 is 5.97 Å². The topological polar surface area (TPSA) is 266 Å². The Hall–Kier alpha value is -5.98. The number of nitrogens with one attached hydrogen (secondary N) is 3. The van der Waals surface area contributed by atoms with Gasteiger partial charge in [0.15, 0.2) is 5.67 Å². The number of carbonyl (C=O) groups excluding carboxylic acids is 5. The monoisotopic (exact) mass is 1120 g/mol. The molecule has 1 aliphatic carbocycles. The fraction of sp³-hybridized carbons (Fsp3) is 0.528. The van der Waals surface area contributed by atoms with E-state index in [1.54, 1.807) is 67.8 Å². The van der Waals surface area contributed by atoms with E-state index in [-0.39, 0.29) is 75.6 Å². The van der Waals surface area contributed by atoms with Crippen molar-refractivity contribution in [1.82, 2.24) is 40.3 Å². The van der Waals surface area contributed by atoms with Crippen LogP contribution in [-0.2, 0) is 35.3 Å². The molecule has 414 valence electrons. The van der Waals surface area contributed by atoms with E-state index >= 15 is 0 Å². The lowest BCUT2D eigenvalue weighted by atomic mass is 9.80. The predicted molar refractivity (Wildman–Crippen MR) is 289 cm³/mol. The maximum Gasteiger partial charge on any atom is 0.322 e. The number of aromatic nitrogens is 3. The number of carboxylic acid groups (broad SMARTS) is 1. The Bertz CT molecular complexity index is 2840. The molecule has 1 saturated carbocycles. The Labute approximate surface area is 460 Å². The van der Waals surface area contributed by atoms with Crippen molar-refractivity contribution < 1.29 is 48.1 Å². The summed E-state index contributed by atoms with van der Waals surface area (Å²) < 4.78 is 21.1. The normalized spacial score (nSPS) is 20.5. The van der Waals surface area contributed by atoms with Crippen molar-refractivity contribution in [1.29, 1.82) is 0 Å². The number of aliphatic hydroxyl groups excluding tert-OH is 1. The van der Waals surface area contributed by atoms with E-state index < -0.39 is 77.2 Å². The number of nitrogens with zero attached hydrogens (tertiary/aromatic N) is 7. The van der Waals surface area contributed by atoms with E-state index in [1.165, 1.54) is 32.9 Å². The Morgan fingerprint density at radius 1 is 1.00 bits per heavy atom. The van der Waals surface area contributed by atoms with Gasteiger partial charge in [0.05, 0.1) is 45.3 Å². The number of carbonyl (C=O) groups is 6. The summed E-state index contributed by atoms with van der Waals surface area (Å²) in [5.41, 5.74) is 7.44. The zero-order valence-electron chi connectivity index (χ0n) is 43.9. The average Bonchev–Trinajstić information content (AvgIpc) is 3.84. The van der Waals surface area contributed by atoms with Gasteiger partial charge in [-0.05, 0) is 73.7 Å². The molecular weight excluding hydrogens is 1050 g/mol. The van der Waals surface area contributed by atoms with Crippen LogP contribution in [0, 0.1) is 17.8 Å². The third kappa shape index (κ3) is 13.8. The van der Waals surface area contributed by atoms with Crippen molar-refractivity contribution in [3.05, 3.63) is 70.6 Å². The smallest absolute Gasteiger partial charge is 0.322 e. The van der Waals surface area contributed by atoms with Crippen LogP contribution >= 0.6 is 34.7 Å². The molecule has 8 rings (SSSR count). The van der Waals surface area contributed by atoms with Gasteiger partial charge in [-0.1, -0.05) is 69.3 Å². The third-order valence-electron chi connectivity index (χ3n) is 14.8. The lowest BCUT2D eigenvalue weighted by Crippen LogP contribution is -2.59. The van der Waals surface area contributed by atoms with E-state index in [1.807, 2.05) is 19.1 Å². The van der Waals surface area contributed by atoms with Crippen LogP contribution in [0.4, 0.5) is 15.9 Å². The minimum absolute atomic E-state index is 0.0210. The molecule has 0 spiro atoms. The molecule has 24 heteroatoms. The first kappa shape index (κ1) is 57.2. The summed E-state index contributed by atoms with van der Waals surface area (Å²) in [7, 11) is 0. The van der Waals surface area contributed by atoms with Gasteiger partial charge in [0.25, 0.3) is 5.91 Å². The number of β-amino-alcohol motifs (C(OH)–C–C–N with tert-alkyl or cyclic N) is 1. The Balaban J connectivity index is 0.854. The van der Waals surface area contributed by atoms with Crippen LogP contribution in [0.15, 0.2) is 64.2 Å². The Morgan fingerprint density at radius 2 is 1.75 bits per heavy atom. The summed E-state index contributed by atoms with van der Waals surface area (Å²) in [5, 5.41) is 30.1. The summed E-state index contributed by atoms with van der Waals surface area (Å²) in [4.78, 5) is 102. The van der Waals surface area contributed by atoms with Gasteiger partial charge in [0.2, 0.25) is 23.6 Å². The van der Waals surface area contributed by atoms with E-state index in [0.29, 0.717) is 33.5 Å². The number of amides is 5. The zero-order valence-corrected chi connectivity index (χ0v) is 46.2. The number of piperidine rings is 1. The Kier molecular flexibility index (Phi) is 17.8. The SMILES string of the molecule is Cc1ncsc1-c1ccc(CNC(=O)[C@@H]2C[C@@H](O)CN2C(=O)[C@@H](NC(=O)C2(F)CC2)C(C)(C)C)c(OCCN2CCN(C(=O)CC(=O)Nc3cccc(Sc4cnc(N5CCC(C)(CN)CC5)cn4)c3Cl)C[C@H]2C(=O)O)c1. The lowest BCUT2D eigenvalue weighted by molar-refractivity contribution is -0.149. The molecule has 4 aliphatic rings. The van der Waals surface area contributed by atoms with Crippen LogP contribution in [0.1, 0.15) is 77.5 Å². The highest BCUT2D eigenvalue weighted by Gasteiger charge is 2.53. The highest BCUT2D eigenvalue weighted by Crippen LogP contribution is 2.41. The number of aryl methyl sites for hydroxylation is 1. The van der Waals surface area contributed by atoms with Crippen molar-refractivity contribution in [3.8, 4) is 16.2 Å². The molecule has 4 fully saturated rings. The van der Waals surface area contributed by atoms with Crippen LogP contribution in [-0.4, -0.2) is 164 Å². The number of aliphatic carboxylic acids is 1. The van der Waals surface area contributed by atoms with Gasteiger partial charge < -0.3 is 51.3 Å². The fourth-order valence-corrected chi connectivity index (χ4v) is 11.5. The summed E-state index contributed by atoms with van der Waals surface area (Å²) in [6.07, 6.45) is 3.89. The first-order valence-corrected chi connectivity index (χ1v) is 27.8. The van der Waals surface area contributed by atoms with E-state index in [9.17, 15) is 43.4 Å². The van der Waals surface area contributed by atoms with Crippen molar-refractivity contribution in [2.45, 2.75) is 120 Å².